The van der Waals surface area contributed by atoms with Crippen LogP contribution in [0.25, 0.3) is 0 Å². The van der Waals surface area contributed by atoms with Gasteiger partial charge in [0.1, 0.15) is 11.5 Å². The summed E-state index contributed by atoms with van der Waals surface area (Å²) in [6.45, 7) is 0. The van der Waals surface area contributed by atoms with Gasteiger partial charge in [-0.2, -0.15) is 0 Å². The van der Waals surface area contributed by atoms with E-state index in [1.807, 2.05) is 0 Å². The van der Waals surface area contributed by atoms with E-state index in [1.54, 1.807) is 36.4 Å². The van der Waals surface area contributed by atoms with Crippen molar-refractivity contribution in [3.8, 4) is 11.5 Å². The Labute approximate surface area is 159 Å². The summed E-state index contributed by atoms with van der Waals surface area (Å²) >= 11 is 0. The Morgan fingerprint density at radius 2 is 1.11 bits per heavy atom. The van der Waals surface area contributed by atoms with E-state index in [2.05, 4.69) is 9.44 Å². The third-order valence-corrected chi connectivity index (χ3v) is 4.71. The first-order chi connectivity index (χ1) is 12.5. The molecule has 0 aliphatic carbocycles. The fraction of sp³-hybridized carbons (Fsp3) is 0.294. The number of nitrogens with one attached hydrogen (secondary N) is 2. The summed E-state index contributed by atoms with van der Waals surface area (Å²) in [6.07, 6.45) is 2.57. The molecule has 0 aliphatic heterocycles. The number of hydrogen-bond acceptors (Lipinski definition) is 6. The van der Waals surface area contributed by atoms with Crippen LogP contribution in [0.2, 0.25) is 0 Å². The van der Waals surface area contributed by atoms with Crippen LogP contribution in [0.1, 0.15) is 11.1 Å². The van der Waals surface area contributed by atoms with Gasteiger partial charge in [0, 0.05) is 0 Å². The van der Waals surface area contributed by atoms with Gasteiger partial charge in [-0.05, 0) is 41.8 Å². The molecule has 8 nitrogen and oxygen atoms in total. The molecule has 0 fully saturated rings. The molecule has 0 amide bonds. The molecule has 0 aromatic heterocycles. The van der Waals surface area contributed by atoms with Gasteiger partial charge >= 0.3 is 0 Å². The van der Waals surface area contributed by atoms with E-state index in [1.165, 1.54) is 14.2 Å². The topological polar surface area (TPSA) is 111 Å². The lowest BCUT2D eigenvalue weighted by atomic mass is 10.0. The third-order valence-electron chi connectivity index (χ3n) is 3.53. The van der Waals surface area contributed by atoms with Gasteiger partial charge in [0.2, 0.25) is 20.0 Å². The molecule has 0 atom stereocenters. The fourth-order valence-electron chi connectivity index (χ4n) is 2.52. The summed E-state index contributed by atoms with van der Waals surface area (Å²) in [5.41, 5.74) is 2.30. The zero-order chi connectivity index (χ0) is 20.2. The lowest BCUT2D eigenvalue weighted by molar-refractivity contribution is 0.416. The Morgan fingerprint density at radius 3 is 1.41 bits per heavy atom. The molecule has 148 valence electrons. The molecule has 0 aliphatic rings. The second-order valence-corrected chi connectivity index (χ2v) is 9.49. The van der Waals surface area contributed by atoms with Gasteiger partial charge in [0.25, 0.3) is 0 Å². The second kappa shape index (κ2) is 8.05. The van der Waals surface area contributed by atoms with Crippen molar-refractivity contribution in [3.63, 3.8) is 0 Å². The number of anilines is 2. The fourth-order valence-corrected chi connectivity index (χ4v) is 3.64. The van der Waals surface area contributed by atoms with E-state index >= 15 is 0 Å². The standard InChI is InChI=1S/C17H22N2O6S2/c1-24-16-7-5-12(10-14(16)18-26(3,20)21)9-13-6-8-17(25-2)15(11-13)19-27(4,22)23/h5-8,10-11,18-19H,9H2,1-4H3. The highest BCUT2D eigenvalue weighted by Crippen LogP contribution is 2.30. The van der Waals surface area contributed by atoms with Crippen LogP contribution in [0.15, 0.2) is 36.4 Å². The van der Waals surface area contributed by atoms with Gasteiger partial charge in [-0.1, -0.05) is 12.1 Å². The zero-order valence-corrected chi connectivity index (χ0v) is 17.1. The molecular weight excluding hydrogens is 392 g/mol. The minimum Gasteiger partial charge on any atom is -0.495 e. The lowest BCUT2D eigenvalue weighted by Gasteiger charge is -2.14. The summed E-state index contributed by atoms with van der Waals surface area (Å²) < 4.78 is 61.4. The molecule has 0 heterocycles. The van der Waals surface area contributed by atoms with Gasteiger partial charge in [0.15, 0.2) is 0 Å². The van der Waals surface area contributed by atoms with Gasteiger partial charge in [-0.3, -0.25) is 9.44 Å². The second-order valence-electron chi connectivity index (χ2n) is 5.99. The van der Waals surface area contributed by atoms with Crippen LogP contribution >= 0.6 is 0 Å². The van der Waals surface area contributed by atoms with E-state index in [-0.39, 0.29) is 0 Å². The number of benzene rings is 2. The highest BCUT2D eigenvalue weighted by molar-refractivity contribution is 7.92. The molecule has 0 saturated heterocycles. The number of rotatable bonds is 8. The van der Waals surface area contributed by atoms with Crippen LogP contribution in [-0.4, -0.2) is 43.6 Å². The highest BCUT2D eigenvalue weighted by atomic mass is 32.2. The van der Waals surface area contributed by atoms with Crippen LogP contribution in [-0.2, 0) is 26.5 Å². The average Bonchev–Trinajstić information content (AvgIpc) is 2.52. The van der Waals surface area contributed by atoms with Crippen LogP contribution in [0.5, 0.6) is 11.5 Å². The van der Waals surface area contributed by atoms with Crippen molar-refractivity contribution in [2.75, 3.05) is 36.2 Å². The minimum absolute atomic E-state index is 0.334. The molecule has 0 spiro atoms. The Kier molecular flexibility index (Phi) is 6.22. The van der Waals surface area contributed by atoms with Crippen molar-refractivity contribution in [1.29, 1.82) is 0 Å². The molecule has 0 saturated carbocycles. The first-order valence-electron chi connectivity index (χ1n) is 7.80. The van der Waals surface area contributed by atoms with Crippen molar-refractivity contribution >= 4 is 31.4 Å². The minimum atomic E-state index is -3.46. The van der Waals surface area contributed by atoms with Gasteiger partial charge in [-0.15, -0.1) is 0 Å². The molecule has 0 radical (unpaired) electrons. The molecule has 2 rings (SSSR count). The Morgan fingerprint density at radius 1 is 0.741 bits per heavy atom. The van der Waals surface area contributed by atoms with Crippen molar-refractivity contribution in [2.24, 2.45) is 0 Å². The summed E-state index contributed by atoms with van der Waals surface area (Å²) in [4.78, 5) is 0. The Bertz CT molecular complexity index is 950. The van der Waals surface area contributed by atoms with E-state index in [0.29, 0.717) is 29.3 Å². The normalized spacial score (nSPS) is 11.7. The maximum absolute atomic E-state index is 11.5. The maximum atomic E-state index is 11.5. The molecule has 0 bridgehead atoms. The summed E-state index contributed by atoms with van der Waals surface area (Å²) in [5.74, 6) is 0.802. The Hall–Kier alpha value is -2.46. The molecule has 27 heavy (non-hydrogen) atoms. The number of hydrogen-bond donors (Lipinski definition) is 2. The first kappa shape index (κ1) is 20.8. The van der Waals surface area contributed by atoms with E-state index in [0.717, 1.165) is 23.6 Å². The number of ether oxygens (including phenoxy) is 2. The smallest absolute Gasteiger partial charge is 0.229 e. The monoisotopic (exact) mass is 414 g/mol. The lowest BCUT2D eigenvalue weighted by Crippen LogP contribution is -2.11. The van der Waals surface area contributed by atoms with Crippen LogP contribution in [0, 0.1) is 0 Å². The summed E-state index contributed by atoms with van der Waals surface area (Å²) in [6, 6.07) is 10.3. The predicted octanol–water partition coefficient (Wildman–Crippen LogP) is 2.04. The van der Waals surface area contributed by atoms with Crippen LogP contribution < -0.4 is 18.9 Å². The third kappa shape index (κ3) is 6.33. The zero-order valence-electron chi connectivity index (χ0n) is 15.4. The largest absolute Gasteiger partial charge is 0.495 e. The van der Waals surface area contributed by atoms with Crippen LogP contribution in [0.3, 0.4) is 0 Å². The number of sulfonamides is 2. The van der Waals surface area contributed by atoms with Crippen molar-refractivity contribution in [2.45, 2.75) is 6.42 Å². The summed E-state index contributed by atoms with van der Waals surface area (Å²) in [5, 5.41) is 0. The van der Waals surface area contributed by atoms with Gasteiger partial charge in [0.05, 0.1) is 38.1 Å². The van der Waals surface area contributed by atoms with Gasteiger partial charge in [-0.25, -0.2) is 16.8 Å². The van der Waals surface area contributed by atoms with Gasteiger partial charge < -0.3 is 9.47 Å². The Balaban J connectivity index is 2.36. The predicted molar refractivity (Wildman–Crippen MR) is 106 cm³/mol. The van der Waals surface area contributed by atoms with E-state index < -0.39 is 20.0 Å². The van der Waals surface area contributed by atoms with Crippen LogP contribution in [0.4, 0.5) is 11.4 Å². The number of methoxy groups -OCH3 is 2. The average molecular weight is 415 g/mol. The molecular formula is C17H22N2O6S2. The van der Waals surface area contributed by atoms with E-state index in [9.17, 15) is 16.8 Å². The highest BCUT2D eigenvalue weighted by Gasteiger charge is 2.12. The molecule has 2 aromatic rings. The molecule has 2 aromatic carbocycles. The van der Waals surface area contributed by atoms with Crippen molar-refractivity contribution in [1.82, 2.24) is 0 Å². The molecule has 2 N–H and O–H groups in total. The van der Waals surface area contributed by atoms with Crippen molar-refractivity contribution < 1.29 is 26.3 Å². The maximum Gasteiger partial charge on any atom is 0.229 e. The van der Waals surface area contributed by atoms with E-state index in [4.69, 9.17) is 9.47 Å². The molecule has 0 unspecified atom stereocenters. The molecule has 10 heteroatoms. The first-order valence-corrected chi connectivity index (χ1v) is 11.6. The quantitative estimate of drug-likeness (QED) is 0.684. The van der Waals surface area contributed by atoms with Crippen molar-refractivity contribution in [3.05, 3.63) is 47.5 Å². The summed E-state index contributed by atoms with van der Waals surface area (Å²) in [7, 11) is -4.01. The SMILES string of the molecule is COc1ccc(Cc2ccc(OC)c(NS(C)(=O)=O)c2)cc1NS(C)(=O)=O.